The lowest BCUT2D eigenvalue weighted by atomic mass is 9.75. The molecule has 9 heteroatoms. The first kappa shape index (κ1) is 26.9. The molecule has 178 valence electrons. The lowest BCUT2D eigenvalue weighted by Gasteiger charge is -2.37. The van der Waals surface area contributed by atoms with Crippen molar-refractivity contribution in [2.24, 2.45) is 17.8 Å². The van der Waals surface area contributed by atoms with Crippen LogP contribution in [0, 0.1) is 17.8 Å². The van der Waals surface area contributed by atoms with Gasteiger partial charge >= 0.3 is 23.9 Å². The van der Waals surface area contributed by atoms with Crippen molar-refractivity contribution in [3.8, 4) is 0 Å². The van der Waals surface area contributed by atoms with Crippen LogP contribution in [0.2, 0.25) is 0 Å². The van der Waals surface area contributed by atoms with Crippen LogP contribution in [0.3, 0.4) is 0 Å². The number of hydrogen-bond donors (Lipinski definition) is 1. The van der Waals surface area contributed by atoms with Gasteiger partial charge in [0.2, 0.25) is 0 Å². The van der Waals surface area contributed by atoms with Crippen LogP contribution in [-0.4, -0.2) is 60.0 Å². The zero-order valence-corrected chi connectivity index (χ0v) is 19.3. The van der Waals surface area contributed by atoms with Crippen LogP contribution in [0.5, 0.6) is 0 Å². The minimum atomic E-state index is -2.06. The van der Waals surface area contributed by atoms with E-state index in [1.807, 2.05) is 0 Å². The Hall–Kier alpha value is -2.16. The van der Waals surface area contributed by atoms with Gasteiger partial charge in [0.05, 0.1) is 6.42 Å². The summed E-state index contributed by atoms with van der Waals surface area (Å²) in [5.74, 6) is -2.01. The molecular weight excluding hydrogens is 408 g/mol. The highest BCUT2D eigenvalue weighted by atomic mass is 16.6. The van der Waals surface area contributed by atoms with Crippen molar-refractivity contribution in [3.05, 3.63) is 0 Å². The summed E-state index contributed by atoms with van der Waals surface area (Å²) in [4.78, 5) is 46.8. The highest BCUT2D eigenvalue weighted by molar-refractivity contribution is 5.85. The highest BCUT2D eigenvalue weighted by Gasteiger charge is 2.40. The van der Waals surface area contributed by atoms with Gasteiger partial charge in [0.1, 0.15) is 19.3 Å². The van der Waals surface area contributed by atoms with E-state index in [2.05, 4.69) is 20.8 Å². The Morgan fingerprint density at radius 1 is 1.03 bits per heavy atom. The Kier molecular flexibility index (Phi) is 10.4. The van der Waals surface area contributed by atoms with E-state index in [4.69, 9.17) is 18.9 Å². The summed E-state index contributed by atoms with van der Waals surface area (Å²) in [6.07, 6.45) is 0.807. The molecule has 0 aromatic carbocycles. The third-order valence-electron chi connectivity index (χ3n) is 5.38. The lowest BCUT2D eigenvalue weighted by molar-refractivity contribution is -0.182. The molecule has 1 aliphatic carbocycles. The molecule has 31 heavy (non-hydrogen) atoms. The van der Waals surface area contributed by atoms with Gasteiger partial charge in [-0.05, 0) is 37.5 Å². The lowest BCUT2D eigenvalue weighted by Crippen LogP contribution is -2.45. The van der Waals surface area contributed by atoms with Gasteiger partial charge in [-0.3, -0.25) is 14.4 Å². The maximum Gasteiger partial charge on any atom is 0.338 e. The van der Waals surface area contributed by atoms with Gasteiger partial charge in [0.25, 0.3) is 0 Å². The number of carbonyl (C=O) groups is 4. The Bertz CT molecular complexity index is 641. The summed E-state index contributed by atoms with van der Waals surface area (Å²) < 4.78 is 20.3. The normalized spacial score (nSPS) is 23.9. The van der Waals surface area contributed by atoms with Gasteiger partial charge in [-0.15, -0.1) is 0 Å². The molecule has 0 bridgehead atoms. The summed E-state index contributed by atoms with van der Waals surface area (Å²) in [5.41, 5.74) is -2.06. The average molecular weight is 445 g/mol. The summed E-state index contributed by atoms with van der Waals surface area (Å²) >= 11 is 0. The highest BCUT2D eigenvalue weighted by Crippen LogP contribution is 2.36. The number of rotatable bonds is 10. The van der Waals surface area contributed by atoms with E-state index < -0.39 is 42.0 Å². The standard InChI is InChI=1S/C22H36O9/c1-13(2)18-8-7-14(3)9-19(18)31-21(26)22(6,27)10-20(25)29-12-17(30-16(5)24)11-28-15(4)23/h13-14,17-19,27H,7-12H2,1-6H3. The Labute approximate surface area is 183 Å². The van der Waals surface area contributed by atoms with E-state index in [1.165, 1.54) is 20.8 Å². The fraction of sp³-hybridized carbons (Fsp3) is 0.818. The fourth-order valence-corrected chi connectivity index (χ4v) is 3.67. The average Bonchev–Trinajstić information content (AvgIpc) is 2.62. The van der Waals surface area contributed by atoms with Gasteiger partial charge in [-0.2, -0.15) is 0 Å². The van der Waals surface area contributed by atoms with Crippen molar-refractivity contribution < 1.29 is 43.2 Å². The molecule has 0 radical (unpaired) electrons. The Morgan fingerprint density at radius 2 is 1.65 bits per heavy atom. The third kappa shape index (κ3) is 9.67. The van der Waals surface area contributed by atoms with E-state index in [9.17, 15) is 24.3 Å². The first-order valence-corrected chi connectivity index (χ1v) is 10.7. The summed E-state index contributed by atoms with van der Waals surface area (Å²) in [6.45, 7) is 9.15. The second-order valence-electron chi connectivity index (χ2n) is 8.94. The van der Waals surface area contributed by atoms with Crippen LogP contribution in [0.4, 0.5) is 0 Å². The van der Waals surface area contributed by atoms with Gasteiger partial charge in [-0.1, -0.05) is 27.2 Å². The van der Waals surface area contributed by atoms with Crippen molar-refractivity contribution in [1.82, 2.24) is 0 Å². The van der Waals surface area contributed by atoms with Crippen LogP contribution in [0.15, 0.2) is 0 Å². The number of carbonyl (C=O) groups excluding carboxylic acids is 4. The molecule has 1 fully saturated rings. The Balaban J connectivity index is 2.63. The van der Waals surface area contributed by atoms with E-state index in [1.54, 1.807) is 0 Å². The number of ether oxygens (including phenoxy) is 4. The minimum Gasteiger partial charge on any atom is -0.462 e. The number of aliphatic hydroxyl groups is 1. The SMILES string of the molecule is CC(=O)OCC(COC(=O)CC(C)(O)C(=O)OC1CC(C)CCC1C(C)C)OC(C)=O. The molecule has 1 saturated carbocycles. The topological polar surface area (TPSA) is 125 Å². The molecule has 5 atom stereocenters. The summed E-state index contributed by atoms with van der Waals surface area (Å²) in [7, 11) is 0. The van der Waals surface area contributed by atoms with Gasteiger partial charge < -0.3 is 24.1 Å². The molecule has 0 spiro atoms. The van der Waals surface area contributed by atoms with Crippen molar-refractivity contribution >= 4 is 23.9 Å². The monoisotopic (exact) mass is 444 g/mol. The van der Waals surface area contributed by atoms with Crippen LogP contribution in [-0.2, 0) is 38.1 Å². The second kappa shape index (κ2) is 12.0. The van der Waals surface area contributed by atoms with Gasteiger partial charge in [-0.25, -0.2) is 4.79 Å². The van der Waals surface area contributed by atoms with Crippen molar-refractivity contribution in [2.45, 2.75) is 85.0 Å². The predicted octanol–water partition coefficient (Wildman–Crippen LogP) is 2.17. The second-order valence-corrected chi connectivity index (χ2v) is 8.94. The predicted molar refractivity (Wildman–Crippen MR) is 110 cm³/mol. The molecule has 9 nitrogen and oxygen atoms in total. The number of esters is 4. The first-order valence-electron chi connectivity index (χ1n) is 10.7. The van der Waals surface area contributed by atoms with Crippen molar-refractivity contribution in [1.29, 1.82) is 0 Å². The van der Waals surface area contributed by atoms with Crippen LogP contribution in [0.25, 0.3) is 0 Å². The van der Waals surface area contributed by atoms with Crippen molar-refractivity contribution in [3.63, 3.8) is 0 Å². The van der Waals surface area contributed by atoms with E-state index >= 15 is 0 Å². The smallest absolute Gasteiger partial charge is 0.338 e. The summed E-state index contributed by atoms with van der Waals surface area (Å²) in [5, 5.41) is 10.5. The minimum absolute atomic E-state index is 0.202. The Morgan fingerprint density at radius 3 is 2.19 bits per heavy atom. The molecule has 0 amide bonds. The van der Waals surface area contributed by atoms with Crippen LogP contribution in [0.1, 0.15) is 67.2 Å². The van der Waals surface area contributed by atoms with Gasteiger partial charge in [0.15, 0.2) is 11.7 Å². The number of hydrogen-bond acceptors (Lipinski definition) is 9. The zero-order chi connectivity index (χ0) is 23.8. The van der Waals surface area contributed by atoms with E-state index in [0.29, 0.717) is 11.8 Å². The third-order valence-corrected chi connectivity index (χ3v) is 5.38. The molecule has 1 rings (SSSR count). The van der Waals surface area contributed by atoms with E-state index in [0.717, 1.165) is 19.3 Å². The molecule has 0 aromatic rings. The van der Waals surface area contributed by atoms with Crippen molar-refractivity contribution in [2.75, 3.05) is 13.2 Å². The van der Waals surface area contributed by atoms with Crippen LogP contribution < -0.4 is 0 Å². The maximum absolute atomic E-state index is 12.6. The van der Waals surface area contributed by atoms with Gasteiger partial charge in [0, 0.05) is 13.8 Å². The molecule has 5 unspecified atom stereocenters. The molecule has 1 N–H and O–H groups in total. The fourth-order valence-electron chi connectivity index (χ4n) is 3.67. The van der Waals surface area contributed by atoms with E-state index in [-0.39, 0.29) is 25.2 Å². The molecule has 0 aliphatic heterocycles. The quantitative estimate of drug-likeness (QED) is 0.398. The molecule has 1 aliphatic rings. The maximum atomic E-state index is 12.6. The molecule has 0 saturated heterocycles. The molecular formula is C22H36O9. The zero-order valence-electron chi connectivity index (χ0n) is 19.3. The van der Waals surface area contributed by atoms with Crippen LogP contribution >= 0.6 is 0 Å². The molecule has 0 heterocycles. The molecule has 0 aromatic heterocycles. The summed E-state index contributed by atoms with van der Waals surface area (Å²) in [6, 6.07) is 0. The first-order chi connectivity index (χ1) is 14.3. The largest absolute Gasteiger partial charge is 0.462 e.